The number of hydrogen-bond acceptors (Lipinski definition) is 7. The van der Waals surface area contributed by atoms with Gasteiger partial charge in [0.15, 0.2) is 23.0 Å². The number of piperazine rings is 1. The molecule has 0 bridgehead atoms. The number of halogens is 1. The van der Waals surface area contributed by atoms with Crippen LogP contribution in [0, 0.1) is 5.82 Å². The van der Waals surface area contributed by atoms with Gasteiger partial charge in [-0.05, 0) is 55.2 Å². The number of ether oxygens (including phenoxy) is 1. The van der Waals surface area contributed by atoms with Gasteiger partial charge in [-0.15, -0.1) is 9.24 Å². The number of carbonyl (C=O) groups is 2. The summed E-state index contributed by atoms with van der Waals surface area (Å²) in [6.07, 6.45) is 8.91. The van der Waals surface area contributed by atoms with Gasteiger partial charge < -0.3 is 25.6 Å². The zero-order valence-corrected chi connectivity index (χ0v) is 26.3. The molecular weight excluding hydrogens is 580 g/mol. The third-order valence-corrected chi connectivity index (χ3v) is 8.45. The maximum absolute atomic E-state index is 14.7. The number of carbonyl (C=O) groups excluding carboxylic acids is 2. The van der Waals surface area contributed by atoms with Crippen LogP contribution >= 0.6 is 9.24 Å². The van der Waals surface area contributed by atoms with Crippen molar-refractivity contribution in [3.63, 3.8) is 0 Å². The molecule has 2 aromatic carbocycles. The SMILES string of the molecule is CCc1cc(Nc2nccn3c(-c4ccc(OC)c(F)c4P)cnc23)ccc1C(=O)NCCCCCC(=O)N1CCNCC1. The van der Waals surface area contributed by atoms with Crippen LogP contribution in [0.2, 0.25) is 0 Å². The first-order valence-electron chi connectivity index (χ1n) is 15.0. The maximum Gasteiger partial charge on any atom is 0.251 e. The zero-order valence-electron chi connectivity index (χ0n) is 25.2. The average molecular weight is 620 g/mol. The predicted molar refractivity (Wildman–Crippen MR) is 174 cm³/mol. The fourth-order valence-electron chi connectivity index (χ4n) is 5.43. The first-order chi connectivity index (χ1) is 21.4. The molecule has 10 nitrogen and oxygen atoms in total. The van der Waals surface area contributed by atoms with E-state index in [1.165, 1.54) is 7.11 Å². The van der Waals surface area contributed by atoms with Crippen LogP contribution in [-0.2, 0) is 11.2 Å². The van der Waals surface area contributed by atoms with E-state index in [1.807, 2.05) is 34.4 Å². The lowest BCUT2D eigenvalue weighted by Crippen LogP contribution is -2.46. The molecule has 1 atom stereocenters. The number of benzene rings is 2. The molecule has 0 radical (unpaired) electrons. The van der Waals surface area contributed by atoms with Crippen molar-refractivity contribution in [1.29, 1.82) is 0 Å². The van der Waals surface area contributed by atoms with Crippen molar-refractivity contribution in [2.24, 2.45) is 0 Å². The molecular formula is C32H39FN7O3P. The fraction of sp³-hybridized carbons (Fsp3) is 0.375. The quantitative estimate of drug-likeness (QED) is 0.162. The largest absolute Gasteiger partial charge is 0.494 e. The molecule has 12 heteroatoms. The smallest absolute Gasteiger partial charge is 0.251 e. The van der Waals surface area contributed by atoms with Crippen LogP contribution in [0.3, 0.4) is 0 Å². The lowest BCUT2D eigenvalue weighted by atomic mass is 10.0. The summed E-state index contributed by atoms with van der Waals surface area (Å²) in [5.74, 6) is 0.385. The van der Waals surface area contributed by atoms with E-state index < -0.39 is 5.82 Å². The minimum absolute atomic E-state index is 0.108. The van der Waals surface area contributed by atoms with Crippen LogP contribution in [0.5, 0.6) is 5.75 Å². The van der Waals surface area contributed by atoms with Gasteiger partial charge in [0.05, 0.1) is 19.0 Å². The molecule has 1 unspecified atom stereocenters. The predicted octanol–water partition coefficient (Wildman–Crippen LogP) is 4.07. The number of methoxy groups -OCH3 is 1. The second kappa shape index (κ2) is 14.6. The fourth-order valence-corrected chi connectivity index (χ4v) is 5.82. The molecule has 0 spiro atoms. The summed E-state index contributed by atoms with van der Waals surface area (Å²) in [5, 5.41) is 10.0. The average Bonchev–Trinajstić information content (AvgIpc) is 3.49. The third-order valence-electron chi connectivity index (χ3n) is 7.88. The number of hydrogen-bond donors (Lipinski definition) is 3. The lowest BCUT2D eigenvalue weighted by Gasteiger charge is -2.27. The van der Waals surface area contributed by atoms with Crippen molar-refractivity contribution < 1.29 is 18.7 Å². The number of amides is 2. The van der Waals surface area contributed by atoms with E-state index in [1.54, 1.807) is 30.7 Å². The van der Waals surface area contributed by atoms with Gasteiger partial charge in [0.1, 0.15) is 0 Å². The minimum Gasteiger partial charge on any atom is -0.494 e. The Morgan fingerprint density at radius 3 is 2.70 bits per heavy atom. The summed E-state index contributed by atoms with van der Waals surface area (Å²) >= 11 is 0. The van der Waals surface area contributed by atoms with Gasteiger partial charge in [-0.2, -0.15) is 0 Å². The third kappa shape index (κ3) is 7.00. The number of imidazole rings is 1. The van der Waals surface area contributed by atoms with Gasteiger partial charge in [0.2, 0.25) is 5.91 Å². The highest BCUT2D eigenvalue weighted by Gasteiger charge is 2.18. The van der Waals surface area contributed by atoms with Crippen LogP contribution in [0.4, 0.5) is 15.9 Å². The summed E-state index contributed by atoms with van der Waals surface area (Å²) < 4.78 is 21.7. The van der Waals surface area contributed by atoms with E-state index in [4.69, 9.17) is 4.74 Å². The number of unbranched alkanes of at least 4 members (excludes halogenated alkanes) is 2. The van der Waals surface area contributed by atoms with E-state index in [2.05, 4.69) is 35.2 Å². The Balaban J connectivity index is 1.20. The molecule has 1 saturated heterocycles. The van der Waals surface area contributed by atoms with Gasteiger partial charge >= 0.3 is 0 Å². The molecule has 1 aliphatic rings. The first kappa shape index (κ1) is 31.3. The normalized spacial score (nSPS) is 13.2. The molecule has 2 amide bonds. The highest BCUT2D eigenvalue weighted by atomic mass is 31.0. The Morgan fingerprint density at radius 2 is 1.93 bits per heavy atom. The Kier molecular flexibility index (Phi) is 10.4. The number of aryl methyl sites for hydroxylation is 1. The number of aromatic nitrogens is 3. The highest BCUT2D eigenvalue weighted by Crippen LogP contribution is 2.29. The van der Waals surface area contributed by atoms with E-state index >= 15 is 0 Å². The maximum atomic E-state index is 14.7. The molecule has 0 saturated carbocycles. The standard InChI is InChI=1S/C32H39FN7O3P/c1-3-21-19-22(8-9-23(21)32(42)36-12-6-4-5-7-27(41)39-16-13-34-14-17-39)38-30-31-37-20-25(40(31)18-15-35-30)24-10-11-26(43-2)28(33)29(24)44/h8-11,15,18-20,34H,3-7,12-14,16-17,44H2,1-2H3,(H,35,38)(H,36,42). The van der Waals surface area contributed by atoms with Crippen molar-refractivity contribution in [3.8, 4) is 17.0 Å². The topological polar surface area (TPSA) is 113 Å². The van der Waals surface area contributed by atoms with Gasteiger partial charge in [0, 0.05) is 73.7 Å². The van der Waals surface area contributed by atoms with Gasteiger partial charge in [-0.1, -0.05) is 13.3 Å². The van der Waals surface area contributed by atoms with Gasteiger partial charge in [0.25, 0.3) is 5.91 Å². The second-order valence-electron chi connectivity index (χ2n) is 10.7. The summed E-state index contributed by atoms with van der Waals surface area (Å²) in [6.45, 7) is 5.87. The molecule has 0 aliphatic carbocycles. The van der Waals surface area contributed by atoms with E-state index in [0.717, 1.165) is 56.7 Å². The van der Waals surface area contributed by atoms with Crippen LogP contribution in [0.1, 0.15) is 48.5 Å². The Morgan fingerprint density at radius 1 is 1.11 bits per heavy atom. The second-order valence-corrected chi connectivity index (χ2v) is 11.3. The van der Waals surface area contributed by atoms with Crippen molar-refractivity contribution in [1.82, 2.24) is 29.9 Å². The number of nitrogens with one attached hydrogen (secondary N) is 3. The first-order valence-corrected chi connectivity index (χ1v) is 15.6. The molecule has 1 fully saturated rings. The summed E-state index contributed by atoms with van der Waals surface area (Å²) in [7, 11) is 3.88. The van der Waals surface area contributed by atoms with Crippen molar-refractivity contribution >= 4 is 43.5 Å². The van der Waals surface area contributed by atoms with E-state index in [0.29, 0.717) is 53.0 Å². The molecule has 2 aromatic heterocycles. The number of fused-ring (bicyclic) bond motifs is 1. The van der Waals surface area contributed by atoms with Crippen LogP contribution in [0.25, 0.3) is 16.9 Å². The highest BCUT2D eigenvalue weighted by molar-refractivity contribution is 7.28. The summed E-state index contributed by atoms with van der Waals surface area (Å²) in [4.78, 5) is 36.3. The van der Waals surface area contributed by atoms with E-state index in [-0.39, 0.29) is 17.6 Å². The Labute approximate surface area is 259 Å². The molecule has 3 heterocycles. The van der Waals surface area contributed by atoms with Gasteiger partial charge in [-0.3, -0.25) is 14.0 Å². The van der Waals surface area contributed by atoms with E-state index in [9.17, 15) is 14.0 Å². The van der Waals surface area contributed by atoms with Crippen LogP contribution in [-0.4, -0.2) is 70.9 Å². The molecule has 5 rings (SSSR count). The minimum atomic E-state index is -0.439. The van der Waals surface area contributed by atoms with Crippen molar-refractivity contribution in [2.45, 2.75) is 39.0 Å². The Bertz CT molecular complexity index is 1640. The molecule has 232 valence electrons. The zero-order chi connectivity index (χ0) is 31.1. The van der Waals surface area contributed by atoms with Crippen LogP contribution < -0.4 is 26.0 Å². The monoisotopic (exact) mass is 619 g/mol. The lowest BCUT2D eigenvalue weighted by molar-refractivity contribution is -0.131. The number of anilines is 2. The number of nitrogens with zero attached hydrogens (tertiary/aromatic N) is 4. The molecule has 1 aliphatic heterocycles. The summed E-state index contributed by atoms with van der Waals surface area (Å²) in [5.41, 5.74) is 4.29. The van der Waals surface area contributed by atoms with Gasteiger partial charge in [-0.25, -0.2) is 14.4 Å². The summed E-state index contributed by atoms with van der Waals surface area (Å²) in [6, 6.07) is 9.02. The van der Waals surface area contributed by atoms with Crippen molar-refractivity contribution in [3.05, 3.63) is 65.9 Å². The molecule has 3 N–H and O–H groups in total. The Hall–Kier alpha value is -4.08. The number of rotatable bonds is 12. The molecule has 4 aromatic rings. The van der Waals surface area contributed by atoms with Crippen molar-refractivity contribution in [2.75, 3.05) is 45.2 Å². The van der Waals surface area contributed by atoms with Crippen LogP contribution in [0.15, 0.2) is 48.9 Å². The molecule has 44 heavy (non-hydrogen) atoms.